The van der Waals surface area contributed by atoms with Crippen molar-refractivity contribution in [3.63, 3.8) is 0 Å². The molecular weight excluding hydrogens is 311 g/mol. The molecule has 0 saturated heterocycles. The van der Waals surface area contributed by atoms with Crippen LogP contribution in [0.3, 0.4) is 0 Å². The van der Waals surface area contributed by atoms with Crippen LogP contribution in [-0.4, -0.2) is 26.5 Å². The first-order chi connectivity index (χ1) is 10.9. The van der Waals surface area contributed by atoms with Gasteiger partial charge in [0.15, 0.2) is 0 Å². The van der Waals surface area contributed by atoms with Crippen LogP contribution in [0, 0.1) is 0 Å². The van der Waals surface area contributed by atoms with E-state index >= 15 is 0 Å². The zero-order chi connectivity index (χ0) is 16.4. The number of aryl methyl sites for hydroxylation is 1. The van der Waals surface area contributed by atoms with E-state index in [0.29, 0.717) is 5.56 Å². The summed E-state index contributed by atoms with van der Waals surface area (Å²) in [6, 6.07) is 5.19. The number of fused-ring (bicyclic) bond motifs is 1. The van der Waals surface area contributed by atoms with E-state index in [1.807, 2.05) is 0 Å². The van der Waals surface area contributed by atoms with Crippen LogP contribution < -0.4 is 4.74 Å². The highest BCUT2D eigenvalue weighted by atomic mass is 19.4. The lowest BCUT2D eigenvalue weighted by Gasteiger charge is -2.16. The zero-order valence-corrected chi connectivity index (χ0v) is 12.3. The zero-order valence-electron chi connectivity index (χ0n) is 12.3. The summed E-state index contributed by atoms with van der Waals surface area (Å²) in [4.78, 5) is 0. The number of hydrogen-bond acceptors (Lipinski definition) is 4. The van der Waals surface area contributed by atoms with E-state index in [4.69, 9.17) is 0 Å². The van der Waals surface area contributed by atoms with E-state index in [9.17, 15) is 18.3 Å². The number of aliphatic hydroxyl groups excluding tert-OH is 1. The van der Waals surface area contributed by atoms with Crippen LogP contribution in [0.1, 0.15) is 35.9 Å². The minimum atomic E-state index is -4.72. The maximum Gasteiger partial charge on any atom is 0.573 e. The molecule has 1 aromatic heterocycles. The van der Waals surface area contributed by atoms with Crippen LogP contribution in [0.2, 0.25) is 0 Å². The van der Waals surface area contributed by atoms with Crippen molar-refractivity contribution >= 4 is 0 Å². The number of hydrogen-bond donors (Lipinski definition) is 1. The van der Waals surface area contributed by atoms with Gasteiger partial charge in [0, 0.05) is 0 Å². The molecular formula is C15H16F3N3O2. The highest BCUT2D eigenvalue weighted by Crippen LogP contribution is 2.26. The molecule has 0 spiro atoms. The van der Waals surface area contributed by atoms with Gasteiger partial charge in [-0.3, -0.25) is 0 Å². The molecule has 5 nitrogen and oxygen atoms in total. The topological polar surface area (TPSA) is 60.2 Å². The second kappa shape index (κ2) is 6.19. The average Bonchev–Trinajstić information content (AvgIpc) is 2.90. The number of aromatic nitrogens is 3. The van der Waals surface area contributed by atoms with Gasteiger partial charge in [-0.1, -0.05) is 17.3 Å². The van der Waals surface area contributed by atoms with Gasteiger partial charge in [0.1, 0.15) is 5.75 Å². The second-order valence-electron chi connectivity index (χ2n) is 5.50. The van der Waals surface area contributed by atoms with Crippen LogP contribution >= 0.6 is 0 Å². The number of rotatable bonds is 4. The first-order valence-electron chi connectivity index (χ1n) is 7.37. The van der Waals surface area contributed by atoms with Crippen LogP contribution in [0.15, 0.2) is 24.3 Å². The number of halogens is 3. The molecule has 0 amide bonds. The Labute approximate surface area is 130 Å². The first kappa shape index (κ1) is 15.8. The average molecular weight is 327 g/mol. The summed E-state index contributed by atoms with van der Waals surface area (Å²) in [5.41, 5.74) is 2.50. The van der Waals surface area contributed by atoms with Gasteiger partial charge in [0.05, 0.1) is 24.0 Å². The lowest BCUT2D eigenvalue weighted by atomic mass is 10.0. The van der Waals surface area contributed by atoms with Gasteiger partial charge in [0.2, 0.25) is 0 Å². The third-order valence-corrected chi connectivity index (χ3v) is 3.84. The molecule has 2 aromatic rings. The lowest BCUT2D eigenvalue weighted by Crippen LogP contribution is -2.17. The highest BCUT2D eigenvalue weighted by Gasteiger charge is 2.31. The third kappa shape index (κ3) is 3.82. The smallest absolute Gasteiger partial charge is 0.406 e. The Morgan fingerprint density at radius 3 is 2.57 bits per heavy atom. The Hall–Kier alpha value is -2.09. The molecule has 1 atom stereocenters. The number of ether oxygens (including phenoxy) is 1. The van der Waals surface area contributed by atoms with Crippen molar-refractivity contribution in [2.75, 3.05) is 0 Å². The molecule has 0 saturated carbocycles. The Balaban J connectivity index is 1.68. The maximum absolute atomic E-state index is 12.1. The Morgan fingerprint density at radius 1 is 1.17 bits per heavy atom. The summed E-state index contributed by atoms with van der Waals surface area (Å²) in [5, 5.41) is 18.4. The van der Waals surface area contributed by atoms with Gasteiger partial charge in [-0.25, -0.2) is 4.68 Å². The van der Waals surface area contributed by atoms with Crippen molar-refractivity contribution in [3.8, 4) is 5.75 Å². The summed E-state index contributed by atoms with van der Waals surface area (Å²) >= 11 is 0. The molecule has 0 radical (unpaired) electrons. The van der Waals surface area contributed by atoms with E-state index in [0.717, 1.165) is 37.1 Å². The molecule has 0 bridgehead atoms. The molecule has 3 rings (SSSR count). The van der Waals surface area contributed by atoms with Crippen molar-refractivity contribution in [1.29, 1.82) is 0 Å². The van der Waals surface area contributed by atoms with E-state index in [-0.39, 0.29) is 12.3 Å². The number of benzene rings is 1. The van der Waals surface area contributed by atoms with Gasteiger partial charge in [0.25, 0.3) is 0 Å². The number of alkyl halides is 3. The molecule has 124 valence electrons. The summed E-state index contributed by atoms with van der Waals surface area (Å²) in [7, 11) is 0. The van der Waals surface area contributed by atoms with E-state index in [1.165, 1.54) is 24.3 Å². The van der Waals surface area contributed by atoms with Crippen LogP contribution in [-0.2, 0) is 19.4 Å². The number of nitrogens with zero attached hydrogens (tertiary/aromatic N) is 3. The molecule has 1 heterocycles. The summed E-state index contributed by atoms with van der Waals surface area (Å²) in [5.74, 6) is -0.313. The van der Waals surface area contributed by atoms with E-state index < -0.39 is 12.5 Å². The standard InChI is InChI=1S/C15H16F3N3O2/c16-15(17,18)23-11-7-5-10(6-8-11)14(22)9-21-13-4-2-1-3-12(13)19-20-21/h5-8,14,22H,1-4,9H2. The molecule has 23 heavy (non-hydrogen) atoms. The highest BCUT2D eigenvalue weighted by molar-refractivity contribution is 5.28. The SMILES string of the molecule is OC(Cn1nnc2c1CCCC2)c1ccc(OC(F)(F)F)cc1. The van der Waals surface area contributed by atoms with Gasteiger partial charge >= 0.3 is 6.36 Å². The van der Waals surface area contributed by atoms with Gasteiger partial charge in [-0.15, -0.1) is 18.3 Å². The Kier molecular flexibility index (Phi) is 4.25. The second-order valence-corrected chi connectivity index (χ2v) is 5.50. The Morgan fingerprint density at radius 2 is 1.87 bits per heavy atom. The van der Waals surface area contributed by atoms with Crippen molar-refractivity contribution in [2.45, 2.75) is 44.7 Å². The van der Waals surface area contributed by atoms with Gasteiger partial charge in [-0.2, -0.15) is 0 Å². The van der Waals surface area contributed by atoms with Crippen molar-refractivity contribution in [1.82, 2.24) is 15.0 Å². The van der Waals surface area contributed by atoms with Crippen molar-refractivity contribution in [3.05, 3.63) is 41.2 Å². The molecule has 1 aromatic carbocycles. The maximum atomic E-state index is 12.1. The fourth-order valence-corrected chi connectivity index (χ4v) is 2.73. The predicted molar refractivity (Wildman–Crippen MR) is 74.7 cm³/mol. The lowest BCUT2D eigenvalue weighted by molar-refractivity contribution is -0.274. The monoisotopic (exact) mass is 327 g/mol. The van der Waals surface area contributed by atoms with Crippen LogP contribution in [0.4, 0.5) is 13.2 Å². The fourth-order valence-electron chi connectivity index (χ4n) is 2.73. The molecule has 1 N–H and O–H groups in total. The molecule has 0 aliphatic heterocycles. The van der Waals surface area contributed by atoms with Gasteiger partial charge < -0.3 is 9.84 Å². The van der Waals surface area contributed by atoms with E-state index in [1.54, 1.807) is 4.68 Å². The van der Waals surface area contributed by atoms with E-state index in [2.05, 4.69) is 15.0 Å². The Bertz CT molecular complexity index is 668. The van der Waals surface area contributed by atoms with Crippen LogP contribution in [0.5, 0.6) is 5.75 Å². The first-order valence-corrected chi connectivity index (χ1v) is 7.37. The van der Waals surface area contributed by atoms with Crippen LogP contribution in [0.25, 0.3) is 0 Å². The van der Waals surface area contributed by atoms with Crippen molar-refractivity contribution in [2.24, 2.45) is 0 Å². The largest absolute Gasteiger partial charge is 0.573 e. The fraction of sp³-hybridized carbons (Fsp3) is 0.467. The minimum Gasteiger partial charge on any atom is -0.406 e. The molecule has 1 aliphatic rings. The normalized spacial score (nSPS) is 16.0. The van der Waals surface area contributed by atoms with Crippen molar-refractivity contribution < 1.29 is 23.0 Å². The quantitative estimate of drug-likeness (QED) is 0.938. The van der Waals surface area contributed by atoms with Gasteiger partial charge in [-0.05, 0) is 43.4 Å². The summed E-state index contributed by atoms with van der Waals surface area (Å²) in [6.45, 7) is 0.224. The third-order valence-electron chi connectivity index (χ3n) is 3.84. The molecule has 1 aliphatic carbocycles. The minimum absolute atomic E-state index is 0.224. The predicted octanol–water partition coefficient (Wildman–Crippen LogP) is 2.79. The summed E-state index contributed by atoms with van der Waals surface area (Å²) in [6.07, 6.45) is -1.65. The number of aliphatic hydroxyl groups is 1. The summed E-state index contributed by atoms with van der Waals surface area (Å²) < 4.78 is 41.9. The molecule has 0 fully saturated rings. The molecule has 1 unspecified atom stereocenters. The molecule has 8 heteroatoms.